The zero-order valence-corrected chi connectivity index (χ0v) is 16.7. The quantitative estimate of drug-likeness (QED) is 0.732. The highest BCUT2D eigenvalue weighted by Crippen LogP contribution is 2.19. The Kier molecular flexibility index (Phi) is 7.32. The number of carbonyl (C=O) groups is 1. The lowest BCUT2D eigenvalue weighted by atomic mass is 9.96. The van der Waals surface area contributed by atoms with Crippen molar-refractivity contribution in [2.24, 2.45) is 5.92 Å². The van der Waals surface area contributed by atoms with Crippen LogP contribution in [0.2, 0.25) is 0 Å². The highest BCUT2D eigenvalue weighted by atomic mass is 32.2. The molecule has 7 heteroatoms. The second-order valence-electron chi connectivity index (χ2n) is 7.49. The fraction of sp³-hybridized carbons (Fsp3) is 0.632. The molecule has 1 aromatic carbocycles. The molecule has 1 fully saturated rings. The first-order chi connectivity index (χ1) is 12.2. The summed E-state index contributed by atoms with van der Waals surface area (Å²) in [7, 11) is -3.57. The predicted octanol–water partition coefficient (Wildman–Crippen LogP) is 3.53. The molecule has 1 aliphatic carbocycles. The van der Waals surface area contributed by atoms with Crippen molar-refractivity contribution in [1.82, 2.24) is 10.2 Å². The van der Waals surface area contributed by atoms with Gasteiger partial charge in [-0.2, -0.15) is 8.42 Å². The molecule has 0 unspecified atom stereocenters. The van der Waals surface area contributed by atoms with E-state index in [-0.39, 0.29) is 17.8 Å². The summed E-state index contributed by atoms with van der Waals surface area (Å²) in [4.78, 5) is 14.5. The third-order valence-electron chi connectivity index (χ3n) is 4.33. The topological polar surface area (TPSA) is 75.7 Å². The van der Waals surface area contributed by atoms with Crippen molar-refractivity contribution in [3.63, 3.8) is 0 Å². The maximum atomic E-state index is 12.8. The summed E-state index contributed by atoms with van der Waals surface area (Å²) in [5.41, 5.74) is 0.839. The molecule has 0 atom stereocenters. The lowest BCUT2D eigenvalue weighted by Gasteiger charge is -2.29. The van der Waals surface area contributed by atoms with E-state index < -0.39 is 10.1 Å². The Balaban J connectivity index is 2.06. The van der Waals surface area contributed by atoms with E-state index in [2.05, 4.69) is 19.2 Å². The average molecular weight is 383 g/mol. The zero-order chi connectivity index (χ0) is 19.2. The van der Waals surface area contributed by atoms with Crippen LogP contribution in [0.25, 0.3) is 0 Å². The maximum Gasteiger partial charge on any atom is 0.317 e. The van der Waals surface area contributed by atoms with Crippen LogP contribution in [-0.2, 0) is 16.7 Å². The van der Waals surface area contributed by atoms with Gasteiger partial charge < -0.3 is 14.4 Å². The van der Waals surface area contributed by atoms with E-state index in [9.17, 15) is 13.2 Å². The Morgan fingerprint density at radius 3 is 2.58 bits per heavy atom. The van der Waals surface area contributed by atoms with Gasteiger partial charge in [-0.1, -0.05) is 45.2 Å². The second-order valence-corrected chi connectivity index (χ2v) is 9.07. The number of hydrogen-bond donors (Lipinski definition) is 1. The predicted molar refractivity (Wildman–Crippen MR) is 103 cm³/mol. The molecule has 0 bridgehead atoms. The van der Waals surface area contributed by atoms with E-state index in [0.717, 1.165) is 24.7 Å². The molecule has 0 aliphatic heterocycles. The Labute approximate surface area is 157 Å². The summed E-state index contributed by atoms with van der Waals surface area (Å²) in [6.07, 6.45) is 6.68. The summed E-state index contributed by atoms with van der Waals surface area (Å²) in [5.74, 6) is 0.602. The second kappa shape index (κ2) is 9.26. The first kappa shape index (κ1) is 20.6. The summed E-state index contributed by atoms with van der Waals surface area (Å²) in [6.45, 7) is 5.20. The normalized spacial score (nSPS) is 15.7. The molecule has 0 aromatic heterocycles. The average Bonchev–Trinajstić information content (AvgIpc) is 2.53. The smallest absolute Gasteiger partial charge is 0.317 e. The lowest BCUT2D eigenvalue weighted by molar-refractivity contribution is 0.180. The molecule has 2 rings (SSSR count). The van der Waals surface area contributed by atoms with Gasteiger partial charge in [0.25, 0.3) is 0 Å². The number of urea groups is 1. The molecule has 0 saturated heterocycles. The van der Waals surface area contributed by atoms with Gasteiger partial charge in [0, 0.05) is 19.1 Å². The molecule has 1 aromatic rings. The highest BCUT2D eigenvalue weighted by Gasteiger charge is 2.21. The molecule has 1 saturated carbocycles. The van der Waals surface area contributed by atoms with E-state index in [4.69, 9.17) is 4.18 Å². The molecule has 1 aliphatic rings. The van der Waals surface area contributed by atoms with Crippen molar-refractivity contribution < 1.29 is 17.4 Å². The highest BCUT2D eigenvalue weighted by molar-refractivity contribution is 7.86. The van der Waals surface area contributed by atoms with E-state index in [1.54, 1.807) is 23.1 Å². The molecule has 0 heterocycles. The van der Waals surface area contributed by atoms with Crippen LogP contribution in [0.5, 0.6) is 5.75 Å². The van der Waals surface area contributed by atoms with Crippen LogP contribution in [0.1, 0.15) is 51.5 Å². The molecule has 6 nitrogen and oxygen atoms in total. The molecular weight excluding hydrogens is 352 g/mol. The maximum absolute atomic E-state index is 12.8. The van der Waals surface area contributed by atoms with Crippen LogP contribution in [0.4, 0.5) is 4.79 Å². The van der Waals surface area contributed by atoms with Gasteiger partial charge in [0.15, 0.2) is 0 Å². The standard InChI is InChI=1S/C19H30N2O4S/c1-15(2)13-21(19(22)20-17-9-5-4-6-10-17)14-16-8-7-11-18(12-16)25-26(3,23)24/h7-8,11-12,15,17H,4-6,9-10,13-14H2,1-3H3,(H,20,22). The minimum Gasteiger partial charge on any atom is -0.383 e. The lowest BCUT2D eigenvalue weighted by Crippen LogP contribution is -2.46. The zero-order valence-electron chi connectivity index (χ0n) is 15.9. The van der Waals surface area contributed by atoms with Gasteiger partial charge in [-0.25, -0.2) is 4.79 Å². The van der Waals surface area contributed by atoms with E-state index in [1.807, 2.05) is 6.07 Å². The third-order valence-corrected chi connectivity index (χ3v) is 4.82. The van der Waals surface area contributed by atoms with Gasteiger partial charge in [0.1, 0.15) is 5.75 Å². The van der Waals surface area contributed by atoms with Gasteiger partial charge in [0.05, 0.1) is 6.26 Å². The van der Waals surface area contributed by atoms with E-state index in [0.29, 0.717) is 19.0 Å². The number of carbonyl (C=O) groups excluding carboxylic acids is 1. The van der Waals surface area contributed by atoms with Crippen molar-refractivity contribution in [2.75, 3.05) is 12.8 Å². The summed E-state index contributed by atoms with van der Waals surface area (Å²) in [6, 6.07) is 7.08. The van der Waals surface area contributed by atoms with Crippen molar-refractivity contribution in [2.45, 2.75) is 58.5 Å². The van der Waals surface area contributed by atoms with Crippen LogP contribution < -0.4 is 9.50 Å². The van der Waals surface area contributed by atoms with Gasteiger partial charge in [-0.3, -0.25) is 0 Å². The third kappa shape index (κ3) is 7.23. The Morgan fingerprint density at radius 1 is 1.27 bits per heavy atom. The number of amides is 2. The molecule has 0 spiro atoms. The van der Waals surface area contributed by atoms with Gasteiger partial charge >= 0.3 is 16.1 Å². The molecule has 1 N–H and O–H groups in total. The summed E-state index contributed by atoms with van der Waals surface area (Å²) >= 11 is 0. The molecule has 2 amide bonds. The number of nitrogens with zero attached hydrogens (tertiary/aromatic N) is 1. The minimum atomic E-state index is -3.57. The van der Waals surface area contributed by atoms with Crippen LogP contribution in [0.3, 0.4) is 0 Å². The van der Waals surface area contributed by atoms with Crippen molar-refractivity contribution >= 4 is 16.1 Å². The van der Waals surface area contributed by atoms with Gasteiger partial charge in [-0.15, -0.1) is 0 Å². The van der Waals surface area contributed by atoms with Gasteiger partial charge in [0.2, 0.25) is 0 Å². The Bertz CT molecular complexity index is 697. The van der Waals surface area contributed by atoms with Crippen LogP contribution in [0.15, 0.2) is 24.3 Å². The Hall–Kier alpha value is -1.76. The number of hydrogen-bond acceptors (Lipinski definition) is 4. The van der Waals surface area contributed by atoms with E-state index >= 15 is 0 Å². The van der Waals surface area contributed by atoms with E-state index in [1.165, 1.54) is 19.3 Å². The number of nitrogens with one attached hydrogen (secondary N) is 1. The van der Waals surface area contributed by atoms with Crippen molar-refractivity contribution in [3.8, 4) is 5.75 Å². The molecule has 146 valence electrons. The van der Waals surface area contributed by atoms with Crippen LogP contribution in [0, 0.1) is 5.92 Å². The molecule has 26 heavy (non-hydrogen) atoms. The fourth-order valence-electron chi connectivity index (χ4n) is 3.26. The first-order valence-electron chi connectivity index (χ1n) is 9.27. The number of benzene rings is 1. The minimum absolute atomic E-state index is 0.0555. The number of rotatable bonds is 7. The Morgan fingerprint density at radius 2 is 1.96 bits per heavy atom. The monoisotopic (exact) mass is 382 g/mol. The first-order valence-corrected chi connectivity index (χ1v) is 11.1. The fourth-order valence-corrected chi connectivity index (χ4v) is 3.72. The SMILES string of the molecule is CC(C)CN(Cc1cccc(OS(C)(=O)=O)c1)C(=O)NC1CCCCC1. The van der Waals surface area contributed by atoms with Crippen LogP contribution in [-0.4, -0.2) is 38.2 Å². The summed E-state index contributed by atoms with van der Waals surface area (Å²) in [5, 5.41) is 3.16. The van der Waals surface area contributed by atoms with Crippen molar-refractivity contribution in [3.05, 3.63) is 29.8 Å². The molecular formula is C19H30N2O4S. The summed E-state index contributed by atoms with van der Waals surface area (Å²) < 4.78 is 27.6. The van der Waals surface area contributed by atoms with Crippen LogP contribution >= 0.6 is 0 Å². The molecule has 0 radical (unpaired) electrons. The largest absolute Gasteiger partial charge is 0.383 e. The van der Waals surface area contributed by atoms with Crippen molar-refractivity contribution in [1.29, 1.82) is 0 Å². The van der Waals surface area contributed by atoms with Gasteiger partial charge in [-0.05, 0) is 36.5 Å².